The molecule has 5 nitrogen and oxygen atoms in total. The van der Waals surface area contributed by atoms with Crippen LogP contribution in [-0.4, -0.2) is 40.8 Å². The van der Waals surface area contributed by atoms with Gasteiger partial charge in [0.15, 0.2) is 5.11 Å². The predicted molar refractivity (Wildman–Crippen MR) is 134 cm³/mol. The number of aromatic amines is 1. The van der Waals surface area contributed by atoms with Crippen molar-refractivity contribution in [2.24, 2.45) is 0 Å². The van der Waals surface area contributed by atoms with E-state index in [2.05, 4.69) is 46.4 Å². The topological polar surface area (TPSA) is 57.4 Å². The number of fused-ring (bicyclic) bond motifs is 1. The first-order valence-electron chi connectivity index (χ1n) is 11.5. The maximum absolute atomic E-state index is 12.8. The first-order valence-corrected chi connectivity index (χ1v) is 11.9. The normalized spacial score (nSPS) is 15.7. The Labute approximate surface area is 194 Å². The van der Waals surface area contributed by atoms with Gasteiger partial charge < -0.3 is 19.9 Å². The molecule has 0 saturated carbocycles. The van der Waals surface area contributed by atoms with Crippen LogP contribution in [0, 0.1) is 0 Å². The highest BCUT2D eigenvalue weighted by atomic mass is 32.1. The SMILES string of the molecule is CCc1ccc2[nH]c(=O)c(CN(C[C@@H]3CCCO3)C(=S)NCCc3ccccc3)cc2c1. The van der Waals surface area contributed by atoms with Gasteiger partial charge in [0.05, 0.1) is 12.6 Å². The number of rotatable bonds is 8. The zero-order valence-corrected chi connectivity index (χ0v) is 19.4. The van der Waals surface area contributed by atoms with Gasteiger partial charge in [0.2, 0.25) is 0 Å². The van der Waals surface area contributed by atoms with Crippen molar-refractivity contribution >= 4 is 28.2 Å². The summed E-state index contributed by atoms with van der Waals surface area (Å²) in [5.41, 5.74) is 4.04. The Hall–Kier alpha value is -2.70. The quantitative estimate of drug-likeness (QED) is 0.505. The molecule has 0 aliphatic carbocycles. The summed E-state index contributed by atoms with van der Waals surface area (Å²) in [5.74, 6) is 0. The summed E-state index contributed by atoms with van der Waals surface area (Å²) >= 11 is 5.75. The molecule has 0 unspecified atom stereocenters. The van der Waals surface area contributed by atoms with Crippen LogP contribution in [0.4, 0.5) is 0 Å². The molecule has 2 heterocycles. The number of benzene rings is 2. The molecule has 1 saturated heterocycles. The van der Waals surface area contributed by atoms with E-state index in [4.69, 9.17) is 17.0 Å². The standard InChI is InChI=1S/C26H31N3O2S/c1-2-19-10-11-24-21(15-19)16-22(25(30)28-24)17-29(18-23-9-6-14-31-23)26(32)27-13-12-20-7-4-3-5-8-20/h3-5,7-8,10-11,15-16,23H,2,6,9,12-14,17-18H2,1H3,(H,27,32)(H,28,30)/t23-/m0/s1. The summed E-state index contributed by atoms with van der Waals surface area (Å²) in [7, 11) is 0. The Kier molecular flexibility index (Phi) is 7.55. The number of aromatic nitrogens is 1. The lowest BCUT2D eigenvalue weighted by Gasteiger charge is -2.28. The third kappa shape index (κ3) is 5.75. The number of pyridine rings is 1. The van der Waals surface area contributed by atoms with Gasteiger partial charge in [-0.15, -0.1) is 0 Å². The van der Waals surface area contributed by atoms with E-state index in [1.165, 1.54) is 11.1 Å². The van der Waals surface area contributed by atoms with Crippen LogP contribution in [0.15, 0.2) is 59.4 Å². The van der Waals surface area contributed by atoms with Crippen molar-refractivity contribution in [2.45, 2.75) is 45.3 Å². The molecule has 0 spiro atoms. The van der Waals surface area contributed by atoms with Gasteiger partial charge in [-0.2, -0.15) is 0 Å². The lowest BCUT2D eigenvalue weighted by Crippen LogP contribution is -2.44. The van der Waals surface area contributed by atoms with Crippen LogP contribution in [0.3, 0.4) is 0 Å². The van der Waals surface area contributed by atoms with Gasteiger partial charge in [0, 0.05) is 30.8 Å². The molecule has 2 N–H and O–H groups in total. The summed E-state index contributed by atoms with van der Waals surface area (Å²) in [4.78, 5) is 17.9. The van der Waals surface area contributed by atoms with Crippen LogP contribution in [-0.2, 0) is 24.1 Å². The zero-order chi connectivity index (χ0) is 22.3. The Morgan fingerprint density at radius 3 is 2.78 bits per heavy atom. The van der Waals surface area contributed by atoms with E-state index in [-0.39, 0.29) is 11.7 Å². The highest BCUT2D eigenvalue weighted by molar-refractivity contribution is 7.80. The number of nitrogens with zero attached hydrogens (tertiary/aromatic N) is 1. The number of thiocarbonyl (C=S) groups is 1. The van der Waals surface area contributed by atoms with E-state index >= 15 is 0 Å². The first kappa shape index (κ1) is 22.5. The van der Waals surface area contributed by atoms with Crippen molar-refractivity contribution in [3.8, 4) is 0 Å². The van der Waals surface area contributed by atoms with E-state index in [0.29, 0.717) is 18.2 Å². The largest absolute Gasteiger partial charge is 0.376 e. The third-order valence-electron chi connectivity index (χ3n) is 6.02. The lowest BCUT2D eigenvalue weighted by atomic mass is 10.1. The fourth-order valence-electron chi connectivity index (χ4n) is 4.17. The molecule has 1 atom stereocenters. The van der Waals surface area contributed by atoms with Crippen molar-refractivity contribution in [1.82, 2.24) is 15.2 Å². The van der Waals surface area contributed by atoms with E-state index in [1.807, 2.05) is 30.3 Å². The molecule has 1 fully saturated rings. The highest BCUT2D eigenvalue weighted by Crippen LogP contribution is 2.17. The fraction of sp³-hybridized carbons (Fsp3) is 0.385. The maximum atomic E-state index is 12.8. The van der Waals surface area contributed by atoms with Crippen molar-refractivity contribution in [3.63, 3.8) is 0 Å². The minimum Gasteiger partial charge on any atom is -0.376 e. The van der Waals surface area contributed by atoms with E-state index < -0.39 is 0 Å². The molecule has 0 radical (unpaired) electrons. The minimum absolute atomic E-state index is 0.0637. The monoisotopic (exact) mass is 449 g/mol. The van der Waals surface area contributed by atoms with Crippen LogP contribution in [0.25, 0.3) is 10.9 Å². The van der Waals surface area contributed by atoms with Gasteiger partial charge in [-0.25, -0.2) is 0 Å². The number of aryl methyl sites for hydroxylation is 1. The Balaban J connectivity index is 1.49. The lowest BCUT2D eigenvalue weighted by molar-refractivity contribution is 0.0897. The van der Waals surface area contributed by atoms with Gasteiger partial charge in [-0.1, -0.05) is 43.3 Å². The fourth-order valence-corrected chi connectivity index (χ4v) is 4.41. The molecule has 0 bridgehead atoms. The summed E-state index contributed by atoms with van der Waals surface area (Å²) in [5, 5.41) is 5.11. The van der Waals surface area contributed by atoms with E-state index in [9.17, 15) is 4.79 Å². The van der Waals surface area contributed by atoms with Crippen LogP contribution in [0.2, 0.25) is 0 Å². The predicted octanol–water partition coefficient (Wildman–Crippen LogP) is 4.19. The Morgan fingerprint density at radius 1 is 1.19 bits per heavy atom. The smallest absolute Gasteiger partial charge is 0.253 e. The van der Waals surface area contributed by atoms with Gasteiger partial charge in [-0.3, -0.25) is 4.79 Å². The van der Waals surface area contributed by atoms with Crippen LogP contribution in [0.1, 0.15) is 36.5 Å². The van der Waals surface area contributed by atoms with Gasteiger partial charge >= 0.3 is 0 Å². The van der Waals surface area contributed by atoms with Gasteiger partial charge in [-0.05, 0) is 72.6 Å². The molecule has 1 aliphatic rings. The Morgan fingerprint density at radius 2 is 2.03 bits per heavy atom. The molecule has 168 valence electrons. The molecule has 1 aliphatic heterocycles. The minimum atomic E-state index is -0.0637. The second-order valence-corrected chi connectivity index (χ2v) is 8.77. The Bertz CT molecular complexity index is 1110. The number of hydrogen-bond donors (Lipinski definition) is 2. The molecule has 1 aromatic heterocycles. The summed E-state index contributed by atoms with van der Waals surface area (Å²) in [6.45, 7) is 4.82. The second-order valence-electron chi connectivity index (χ2n) is 8.38. The second kappa shape index (κ2) is 10.7. The van der Waals surface area contributed by atoms with E-state index in [1.54, 1.807) is 0 Å². The molecule has 3 aromatic rings. The summed E-state index contributed by atoms with van der Waals surface area (Å²) < 4.78 is 5.86. The van der Waals surface area contributed by atoms with Crippen LogP contribution in [0.5, 0.6) is 0 Å². The molecular weight excluding hydrogens is 418 g/mol. The highest BCUT2D eigenvalue weighted by Gasteiger charge is 2.22. The summed E-state index contributed by atoms with van der Waals surface area (Å²) in [6, 6.07) is 18.6. The van der Waals surface area contributed by atoms with Crippen LogP contribution >= 0.6 is 12.2 Å². The zero-order valence-electron chi connectivity index (χ0n) is 18.6. The van der Waals surface area contributed by atoms with Gasteiger partial charge in [0.1, 0.15) is 0 Å². The van der Waals surface area contributed by atoms with Gasteiger partial charge in [0.25, 0.3) is 5.56 Å². The van der Waals surface area contributed by atoms with Crippen molar-refractivity contribution < 1.29 is 4.74 Å². The molecular formula is C26H31N3O2S. The molecule has 2 aromatic carbocycles. The third-order valence-corrected chi connectivity index (χ3v) is 6.43. The summed E-state index contributed by atoms with van der Waals surface area (Å²) in [6.07, 6.45) is 4.10. The van der Waals surface area contributed by atoms with Crippen molar-refractivity contribution in [2.75, 3.05) is 19.7 Å². The van der Waals surface area contributed by atoms with Crippen molar-refractivity contribution in [3.05, 3.63) is 81.6 Å². The molecule has 0 amide bonds. The van der Waals surface area contributed by atoms with Crippen LogP contribution < -0.4 is 10.9 Å². The molecule has 32 heavy (non-hydrogen) atoms. The van der Waals surface area contributed by atoms with E-state index in [0.717, 1.165) is 55.3 Å². The average molecular weight is 450 g/mol. The first-order chi connectivity index (χ1) is 15.6. The van der Waals surface area contributed by atoms with Crippen molar-refractivity contribution in [1.29, 1.82) is 0 Å². The number of nitrogens with one attached hydrogen (secondary N) is 2. The maximum Gasteiger partial charge on any atom is 0.253 e. The average Bonchev–Trinajstić information content (AvgIpc) is 3.32. The molecule has 6 heteroatoms. The molecule has 4 rings (SSSR count). The number of H-pyrrole nitrogens is 1. The number of ether oxygens (including phenoxy) is 1. The number of hydrogen-bond acceptors (Lipinski definition) is 3.